The smallest absolute Gasteiger partial charge is 0.305 e. The lowest BCUT2D eigenvalue weighted by Gasteiger charge is -2.06. The molecule has 0 fully saturated rings. The van der Waals surface area contributed by atoms with E-state index in [0.29, 0.717) is 13.0 Å². The highest BCUT2D eigenvalue weighted by Gasteiger charge is 2.03. The van der Waals surface area contributed by atoms with Crippen molar-refractivity contribution in [2.24, 2.45) is 0 Å². The molecule has 0 N–H and O–H groups in total. The number of hydrogen-bond acceptors (Lipinski definition) is 2. The van der Waals surface area contributed by atoms with Crippen molar-refractivity contribution in [2.45, 2.75) is 25.7 Å². The Labute approximate surface area is 128 Å². The molecule has 2 aromatic rings. The van der Waals surface area contributed by atoms with Crippen LogP contribution in [-0.4, -0.2) is 17.9 Å². The third-order valence-corrected chi connectivity index (χ3v) is 3.79. The summed E-state index contributed by atoms with van der Waals surface area (Å²) in [4.78, 5) is 11.5. The molecule has 0 heterocycles. The summed E-state index contributed by atoms with van der Waals surface area (Å²) < 4.78 is 5.25. The first kappa shape index (κ1) is 15.0. The molecule has 2 rings (SSSR count). The molecule has 0 aliphatic rings. The summed E-state index contributed by atoms with van der Waals surface area (Å²) in [5, 5.41) is 3.41. The Morgan fingerprint density at radius 2 is 1.85 bits per heavy atom. The third-order valence-electron chi connectivity index (χ3n) is 3.23. The van der Waals surface area contributed by atoms with Crippen LogP contribution < -0.4 is 0 Å². The van der Waals surface area contributed by atoms with Gasteiger partial charge in [0.1, 0.15) is 0 Å². The summed E-state index contributed by atoms with van der Waals surface area (Å²) in [5.41, 5.74) is 1.21. The average Bonchev–Trinajstić information content (AvgIpc) is 2.47. The molecular formula is C17H19BrO2. The second-order valence-electron chi connectivity index (χ2n) is 4.80. The van der Waals surface area contributed by atoms with E-state index in [9.17, 15) is 4.79 Å². The topological polar surface area (TPSA) is 26.3 Å². The Morgan fingerprint density at radius 3 is 2.65 bits per heavy atom. The zero-order valence-electron chi connectivity index (χ0n) is 11.5. The average molecular weight is 335 g/mol. The molecule has 0 unspecified atom stereocenters. The lowest BCUT2D eigenvalue weighted by atomic mass is 10.1. The number of carbonyl (C=O) groups is 1. The molecule has 106 valence electrons. The Balaban J connectivity index is 1.79. The molecule has 0 amide bonds. The number of halogens is 1. The molecule has 0 radical (unpaired) electrons. The number of rotatable bonds is 7. The molecular weight excluding hydrogens is 316 g/mol. The van der Waals surface area contributed by atoms with Gasteiger partial charge in [0.25, 0.3) is 0 Å². The van der Waals surface area contributed by atoms with Crippen LogP contribution in [0.25, 0.3) is 10.8 Å². The zero-order chi connectivity index (χ0) is 14.2. The molecule has 0 aliphatic carbocycles. The van der Waals surface area contributed by atoms with Crippen molar-refractivity contribution in [2.75, 3.05) is 11.9 Å². The summed E-state index contributed by atoms with van der Waals surface area (Å²) in [6, 6.07) is 14.7. The van der Waals surface area contributed by atoms with E-state index < -0.39 is 0 Å². The van der Waals surface area contributed by atoms with E-state index in [2.05, 4.69) is 46.3 Å². The number of fused-ring (bicyclic) bond motifs is 1. The lowest BCUT2D eigenvalue weighted by molar-refractivity contribution is -0.143. The Hall–Kier alpha value is -1.35. The number of hydrogen-bond donors (Lipinski definition) is 0. The van der Waals surface area contributed by atoms with Gasteiger partial charge in [-0.2, -0.15) is 0 Å². The lowest BCUT2D eigenvalue weighted by Crippen LogP contribution is -2.07. The summed E-state index contributed by atoms with van der Waals surface area (Å²) in [7, 11) is 0. The minimum atomic E-state index is -0.0910. The van der Waals surface area contributed by atoms with Crippen molar-refractivity contribution in [1.29, 1.82) is 0 Å². The molecule has 20 heavy (non-hydrogen) atoms. The van der Waals surface area contributed by atoms with Gasteiger partial charge in [0.2, 0.25) is 0 Å². The van der Waals surface area contributed by atoms with Crippen molar-refractivity contribution in [3.8, 4) is 0 Å². The van der Waals surface area contributed by atoms with Crippen LogP contribution in [0.2, 0.25) is 0 Å². The second kappa shape index (κ2) is 8.05. The molecule has 0 atom stereocenters. The summed E-state index contributed by atoms with van der Waals surface area (Å²) in [5.74, 6) is -0.0910. The van der Waals surface area contributed by atoms with Gasteiger partial charge in [-0.25, -0.2) is 0 Å². The second-order valence-corrected chi connectivity index (χ2v) is 5.59. The SMILES string of the molecule is O=C(CCCCBr)OCCc1ccc2ccccc2c1. The summed E-state index contributed by atoms with van der Waals surface area (Å²) in [6.07, 6.45) is 3.19. The van der Waals surface area contributed by atoms with Gasteiger partial charge in [-0.15, -0.1) is 0 Å². The highest BCUT2D eigenvalue weighted by Crippen LogP contribution is 2.16. The minimum absolute atomic E-state index is 0.0910. The van der Waals surface area contributed by atoms with E-state index in [0.717, 1.165) is 24.6 Å². The highest BCUT2D eigenvalue weighted by atomic mass is 79.9. The molecule has 2 nitrogen and oxygen atoms in total. The number of ether oxygens (including phenoxy) is 1. The van der Waals surface area contributed by atoms with E-state index in [1.165, 1.54) is 16.3 Å². The van der Waals surface area contributed by atoms with Crippen molar-refractivity contribution >= 4 is 32.7 Å². The van der Waals surface area contributed by atoms with Gasteiger partial charge >= 0.3 is 5.97 Å². The number of benzene rings is 2. The van der Waals surface area contributed by atoms with Crippen LogP contribution in [0.5, 0.6) is 0 Å². The maximum atomic E-state index is 11.5. The van der Waals surface area contributed by atoms with Gasteiger partial charge in [0.05, 0.1) is 6.61 Å². The van der Waals surface area contributed by atoms with E-state index in [1.54, 1.807) is 0 Å². The van der Waals surface area contributed by atoms with E-state index in [4.69, 9.17) is 4.74 Å². The number of carbonyl (C=O) groups excluding carboxylic acids is 1. The van der Waals surface area contributed by atoms with Gasteiger partial charge in [0.15, 0.2) is 0 Å². The number of alkyl halides is 1. The standard InChI is InChI=1S/C17H19BrO2/c18-11-4-3-7-17(19)20-12-10-14-8-9-15-5-1-2-6-16(15)13-14/h1-2,5-6,8-9,13H,3-4,7,10-12H2. The molecule has 0 aromatic heterocycles. The Kier molecular flexibility index (Phi) is 6.06. The van der Waals surface area contributed by atoms with Crippen LogP contribution in [0, 0.1) is 0 Å². The Bertz CT molecular complexity index is 566. The van der Waals surface area contributed by atoms with Gasteiger partial charge in [-0.3, -0.25) is 4.79 Å². The van der Waals surface area contributed by atoms with Crippen LogP contribution in [-0.2, 0) is 16.0 Å². The van der Waals surface area contributed by atoms with E-state index >= 15 is 0 Å². The van der Waals surface area contributed by atoms with E-state index in [-0.39, 0.29) is 5.97 Å². The normalized spacial score (nSPS) is 10.7. The minimum Gasteiger partial charge on any atom is -0.465 e. The van der Waals surface area contributed by atoms with Gasteiger partial charge in [0, 0.05) is 18.2 Å². The fraction of sp³-hybridized carbons (Fsp3) is 0.353. The molecule has 3 heteroatoms. The van der Waals surface area contributed by atoms with Crippen molar-refractivity contribution in [3.63, 3.8) is 0 Å². The first-order valence-corrected chi connectivity index (χ1v) is 8.11. The van der Waals surface area contributed by atoms with Crippen LogP contribution in [0.15, 0.2) is 42.5 Å². The van der Waals surface area contributed by atoms with Crippen molar-refractivity contribution in [3.05, 3.63) is 48.0 Å². The first-order chi connectivity index (χ1) is 9.79. The summed E-state index contributed by atoms with van der Waals surface area (Å²) >= 11 is 3.35. The van der Waals surface area contributed by atoms with Gasteiger partial charge in [-0.05, 0) is 29.2 Å². The zero-order valence-corrected chi connectivity index (χ0v) is 13.1. The first-order valence-electron chi connectivity index (χ1n) is 6.99. The number of esters is 1. The molecule has 0 saturated heterocycles. The van der Waals surface area contributed by atoms with E-state index in [1.807, 2.05) is 12.1 Å². The Morgan fingerprint density at radius 1 is 1.05 bits per heavy atom. The quantitative estimate of drug-likeness (QED) is 0.423. The third kappa shape index (κ3) is 4.64. The van der Waals surface area contributed by atoms with Crippen LogP contribution >= 0.6 is 15.9 Å². The summed E-state index contributed by atoms with van der Waals surface area (Å²) in [6.45, 7) is 0.464. The predicted molar refractivity (Wildman–Crippen MR) is 86.3 cm³/mol. The molecule has 0 saturated carbocycles. The molecule has 0 spiro atoms. The van der Waals surface area contributed by atoms with Crippen LogP contribution in [0.1, 0.15) is 24.8 Å². The largest absolute Gasteiger partial charge is 0.465 e. The maximum Gasteiger partial charge on any atom is 0.305 e. The monoisotopic (exact) mass is 334 g/mol. The molecule has 0 aliphatic heterocycles. The van der Waals surface area contributed by atoms with Crippen LogP contribution in [0.3, 0.4) is 0 Å². The van der Waals surface area contributed by atoms with Crippen molar-refractivity contribution < 1.29 is 9.53 Å². The maximum absolute atomic E-state index is 11.5. The fourth-order valence-electron chi connectivity index (χ4n) is 2.11. The fourth-order valence-corrected chi connectivity index (χ4v) is 2.51. The van der Waals surface area contributed by atoms with Crippen LogP contribution in [0.4, 0.5) is 0 Å². The van der Waals surface area contributed by atoms with Gasteiger partial charge in [-0.1, -0.05) is 58.4 Å². The predicted octanol–water partition coefficient (Wildman–Crippen LogP) is 4.49. The molecule has 2 aromatic carbocycles. The molecule has 0 bridgehead atoms. The van der Waals surface area contributed by atoms with Gasteiger partial charge < -0.3 is 4.74 Å². The van der Waals surface area contributed by atoms with Crippen molar-refractivity contribution in [1.82, 2.24) is 0 Å². The highest BCUT2D eigenvalue weighted by molar-refractivity contribution is 9.09. The number of unbranched alkanes of at least 4 members (excludes halogenated alkanes) is 1.